The smallest absolute Gasteiger partial charge is 0.107 e. The van der Waals surface area contributed by atoms with Crippen LogP contribution in [0.15, 0.2) is 16.5 Å². The fourth-order valence-corrected chi connectivity index (χ4v) is 2.60. The van der Waals surface area contributed by atoms with Gasteiger partial charge in [0, 0.05) is 12.3 Å². The Labute approximate surface area is 91.0 Å². The lowest BCUT2D eigenvalue weighted by Crippen LogP contribution is -2.10. The Hall–Kier alpha value is -0.760. The molecule has 82 valence electrons. The summed E-state index contributed by atoms with van der Waals surface area (Å²) < 4.78 is 5.91. The van der Waals surface area contributed by atoms with Crippen molar-refractivity contribution in [3.63, 3.8) is 0 Å². The van der Waals surface area contributed by atoms with Crippen LogP contribution in [-0.2, 0) is 6.42 Å². The van der Waals surface area contributed by atoms with E-state index in [4.69, 9.17) is 4.42 Å². The minimum Gasteiger partial charge on any atom is -0.466 e. The Morgan fingerprint density at radius 2 is 2.33 bits per heavy atom. The second-order valence-corrected chi connectivity index (χ2v) is 5.19. The number of furan rings is 1. The third-order valence-corrected chi connectivity index (χ3v) is 3.81. The first-order valence-corrected chi connectivity index (χ1v) is 6.12. The topological polar surface area (TPSA) is 25.2 Å². The first-order chi connectivity index (χ1) is 7.33. The third-order valence-electron chi connectivity index (χ3n) is 3.81. The summed E-state index contributed by atoms with van der Waals surface area (Å²) in [6.07, 6.45) is 3.74. The molecule has 2 heteroatoms. The normalized spacial score (nSPS) is 34.6. The van der Waals surface area contributed by atoms with E-state index in [2.05, 4.69) is 24.4 Å². The highest BCUT2D eigenvalue weighted by atomic mass is 16.3. The predicted octanol–water partition coefficient (Wildman–Crippen LogP) is 2.56. The first-order valence-electron chi connectivity index (χ1n) is 6.12. The highest BCUT2D eigenvalue weighted by molar-refractivity contribution is 5.18. The molecule has 3 unspecified atom stereocenters. The molecule has 2 aliphatic rings. The van der Waals surface area contributed by atoms with E-state index >= 15 is 0 Å². The number of rotatable bonds is 3. The highest BCUT2D eigenvalue weighted by Gasteiger charge is 2.36. The van der Waals surface area contributed by atoms with E-state index in [1.54, 1.807) is 0 Å². The molecule has 3 atom stereocenters. The van der Waals surface area contributed by atoms with Crippen molar-refractivity contribution in [1.29, 1.82) is 0 Å². The van der Waals surface area contributed by atoms with Gasteiger partial charge in [-0.15, -0.1) is 0 Å². The first kappa shape index (κ1) is 9.46. The van der Waals surface area contributed by atoms with Crippen LogP contribution in [0.3, 0.4) is 0 Å². The van der Waals surface area contributed by atoms with E-state index in [1.165, 1.54) is 30.9 Å². The summed E-state index contributed by atoms with van der Waals surface area (Å²) >= 11 is 0. The molecular formula is C13H19NO. The van der Waals surface area contributed by atoms with Crippen LogP contribution in [0, 0.1) is 11.8 Å². The lowest BCUT2D eigenvalue weighted by atomic mass is 10.0. The van der Waals surface area contributed by atoms with Crippen LogP contribution < -0.4 is 5.32 Å². The van der Waals surface area contributed by atoms with Gasteiger partial charge in [-0.25, -0.2) is 0 Å². The molecule has 1 aliphatic carbocycles. The van der Waals surface area contributed by atoms with Gasteiger partial charge < -0.3 is 9.73 Å². The minimum atomic E-state index is 0.723. The molecule has 2 nitrogen and oxygen atoms in total. The Morgan fingerprint density at radius 1 is 1.47 bits per heavy atom. The lowest BCUT2D eigenvalue weighted by molar-refractivity contribution is 0.426. The van der Waals surface area contributed by atoms with Gasteiger partial charge in [0.1, 0.15) is 11.5 Å². The molecule has 1 aromatic rings. The third kappa shape index (κ3) is 1.96. The molecule has 0 bridgehead atoms. The molecular weight excluding hydrogens is 186 g/mol. The van der Waals surface area contributed by atoms with Crippen molar-refractivity contribution in [3.05, 3.63) is 23.7 Å². The van der Waals surface area contributed by atoms with E-state index in [0.29, 0.717) is 0 Å². The molecule has 1 saturated heterocycles. The summed E-state index contributed by atoms with van der Waals surface area (Å²) in [7, 11) is 0. The van der Waals surface area contributed by atoms with E-state index in [-0.39, 0.29) is 0 Å². The van der Waals surface area contributed by atoms with Crippen molar-refractivity contribution >= 4 is 0 Å². The van der Waals surface area contributed by atoms with Crippen LogP contribution in [0.1, 0.15) is 37.2 Å². The average Bonchev–Trinajstić information content (AvgIpc) is 2.74. The van der Waals surface area contributed by atoms with Crippen LogP contribution in [0.2, 0.25) is 0 Å². The second-order valence-electron chi connectivity index (χ2n) is 5.19. The molecule has 1 saturated carbocycles. The van der Waals surface area contributed by atoms with Crippen LogP contribution in [0.25, 0.3) is 0 Å². The molecule has 1 aliphatic heterocycles. The summed E-state index contributed by atoms with van der Waals surface area (Å²) in [6, 6.07) is 4.37. The molecule has 0 spiro atoms. The van der Waals surface area contributed by atoms with Crippen molar-refractivity contribution in [2.45, 2.75) is 32.1 Å². The van der Waals surface area contributed by atoms with Crippen molar-refractivity contribution in [2.75, 3.05) is 13.1 Å². The van der Waals surface area contributed by atoms with Gasteiger partial charge >= 0.3 is 0 Å². The zero-order chi connectivity index (χ0) is 10.3. The Morgan fingerprint density at radius 3 is 3.00 bits per heavy atom. The lowest BCUT2D eigenvalue weighted by Gasteiger charge is -2.04. The SMILES string of the molecule is CC1CC1c1ccc(CC2CCNC2)o1. The monoisotopic (exact) mass is 205 g/mol. The molecule has 2 heterocycles. The average molecular weight is 205 g/mol. The van der Waals surface area contributed by atoms with Crippen molar-refractivity contribution in [1.82, 2.24) is 5.32 Å². The Balaban J connectivity index is 1.63. The summed E-state index contributed by atoms with van der Waals surface area (Å²) in [6.45, 7) is 4.64. The maximum absolute atomic E-state index is 5.91. The van der Waals surface area contributed by atoms with Crippen LogP contribution in [0.4, 0.5) is 0 Å². The Kier molecular flexibility index (Phi) is 2.32. The van der Waals surface area contributed by atoms with Gasteiger partial charge in [-0.3, -0.25) is 0 Å². The standard InChI is InChI=1S/C13H19NO/c1-9-6-12(9)13-3-2-11(15-13)7-10-4-5-14-8-10/h2-3,9-10,12,14H,4-8H2,1H3. The van der Waals surface area contributed by atoms with Gasteiger partial charge in [0.25, 0.3) is 0 Å². The van der Waals surface area contributed by atoms with E-state index < -0.39 is 0 Å². The maximum Gasteiger partial charge on any atom is 0.107 e. The minimum absolute atomic E-state index is 0.723. The van der Waals surface area contributed by atoms with E-state index in [0.717, 1.165) is 30.7 Å². The maximum atomic E-state index is 5.91. The van der Waals surface area contributed by atoms with Gasteiger partial charge in [-0.2, -0.15) is 0 Å². The van der Waals surface area contributed by atoms with Crippen LogP contribution in [0.5, 0.6) is 0 Å². The quantitative estimate of drug-likeness (QED) is 0.820. The van der Waals surface area contributed by atoms with E-state index in [9.17, 15) is 0 Å². The Bertz CT molecular complexity index is 338. The van der Waals surface area contributed by atoms with Crippen molar-refractivity contribution < 1.29 is 4.42 Å². The predicted molar refractivity (Wildman–Crippen MR) is 59.9 cm³/mol. The molecule has 15 heavy (non-hydrogen) atoms. The fraction of sp³-hybridized carbons (Fsp3) is 0.692. The second kappa shape index (κ2) is 3.67. The highest BCUT2D eigenvalue weighted by Crippen LogP contribution is 2.47. The van der Waals surface area contributed by atoms with Gasteiger partial charge in [0.2, 0.25) is 0 Å². The van der Waals surface area contributed by atoms with Gasteiger partial charge in [0.05, 0.1) is 0 Å². The summed E-state index contributed by atoms with van der Waals surface area (Å²) in [5.41, 5.74) is 0. The van der Waals surface area contributed by atoms with Gasteiger partial charge in [-0.05, 0) is 49.9 Å². The number of hydrogen-bond donors (Lipinski definition) is 1. The molecule has 1 N–H and O–H groups in total. The zero-order valence-corrected chi connectivity index (χ0v) is 9.33. The van der Waals surface area contributed by atoms with Crippen molar-refractivity contribution in [2.24, 2.45) is 11.8 Å². The largest absolute Gasteiger partial charge is 0.466 e. The summed E-state index contributed by atoms with van der Waals surface area (Å²) in [4.78, 5) is 0. The zero-order valence-electron chi connectivity index (χ0n) is 9.33. The molecule has 3 rings (SSSR count). The molecule has 2 fully saturated rings. The number of nitrogens with one attached hydrogen (secondary N) is 1. The summed E-state index contributed by atoms with van der Waals surface area (Å²) in [5, 5.41) is 3.40. The van der Waals surface area contributed by atoms with Gasteiger partial charge in [-0.1, -0.05) is 6.92 Å². The van der Waals surface area contributed by atoms with Gasteiger partial charge in [0.15, 0.2) is 0 Å². The summed E-state index contributed by atoms with van der Waals surface area (Å²) in [5.74, 6) is 4.78. The van der Waals surface area contributed by atoms with E-state index in [1.807, 2.05) is 0 Å². The molecule has 0 amide bonds. The molecule has 0 radical (unpaired) electrons. The van der Waals surface area contributed by atoms with Crippen LogP contribution >= 0.6 is 0 Å². The fourth-order valence-electron chi connectivity index (χ4n) is 2.60. The van der Waals surface area contributed by atoms with Crippen LogP contribution in [-0.4, -0.2) is 13.1 Å². The van der Waals surface area contributed by atoms with Crippen molar-refractivity contribution in [3.8, 4) is 0 Å². The number of hydrogen-bond acceptors (Lipinski definition) is 2. The molecule has 0 aromatic carbocycles. The molecule has 1 aromatic heterocycles.